The van der Waals surface area contributed by atoms with E-state index in [1.807, 2.05) is 0 Å². The van der Waals surface area contributed by atoms with Crippen LogP contribution < -0.4 is 5.32 Å². The maximum absolute atomic E-state index is 12.5. The van der Waals surface area contributed by atoms with E-state index in [9.17, 15) is 24.8 Å². The fourth-order valence-corrected chi connectivity index (χ4v) is 3.89. The zero-order valence-electron chi connectivity index (χ0n) is 13.8. The molecule has 2 aromatic rings. The Balaban J connectivity index is 1.81. The minimum absolute atomic E-state index is 0.0595. The van der Waals surface area contributed by atoms with Gasteiger partial charge in [-0.05, 0) is 12.8 Å². The monoisotopic (exact) mass is 375 g/mol. The number of nitrogens with zero attached hydrogens (tertiary/aromatic N) is 2. The minimum Gasteiger partial charge on any atom is -0.480 e. The SMILES string of the molecule is O=C(NC1(C(=O)O)CCCCC1)c1csc(-c2cccc([N+](=O)[O-])c2)n1. The Kier molecular flexibility index (Phi) is 4.99. The maximum atomic E-state index is 12.5. The Bertz CT molecular complexity index is 858. The fourth-order valence-electron chi connectivity index (χ4n) is 3.09. The molecule has 0 radical (unpaired) electrons. The molecule has 1 aliphatic carbocycles. The van der Waals surface area contributed by atoms with Crippen LogP contribution >= 0.6 is 11.3 Å². The summed E-state index contributed by atoms with van der Waals surface area (Å²) in [7, 11) is 0. The number of rotatable bonds is 5. The highest BCUT2D eigenvalue weighted by atomic mass is 32.1. The highest BCUT2D eigenvalue weighted by molar-refractivity contribution is 7.13. The quantitative estimate of drug-likeness (QED) is 0.611. The third-order valence-corrected chi connectivity index (χ3v) is 5.40. The van der Waals surface area contributed by atoms with Gasteiger partial charge in [0.25, 0.3) is 11.6 Å². The number of carbonyl (C=O) groups excluding carboxylic acids is 1. The average molecular weight is 375 g/mol. The summed E-state index contributed by atoms with van der Waals surface area (Å²) >= 11 is 1.18. The van der Waals surface area contributed by atoms with Gasteiger partial charge >= 0.3 is 5.97 Å². The Labute approximate surface area is 153 Å². The molecule has 26 heavy (non-hydrogen) atoms. The third-order valence-electron chi connectivity index (χ3n) is 4.51. The van der Waals surface area contributed by atoms with Crippen LogP contribution in [0.2, 0.25) is 0 Å². The summed E-state index contributed by atoms with van der Waals surface area (Å²) in [4.78, 5) is 38.8. The normalized spacial score (nSPS) is 16.0. The third kappa shape index (κ3) is 3.57. The Morgan fingerprint density at radius 3 is 2.65 bits per heavy atom. The highest BCUT2D eigenvalue weighted by Gasteiger charge is 2.41. The van der Waals surface area contributed by atoms with E-state index in [0.29, 0.717) is 23.4 Å². The zero-order valence-corrected chi connectivity index (χ0v) is 14.6. The van der Waals surface area contributed by atoms with Crippen LogP contribution in [-0.4, -0.2) is 32.4 Å². The predicted molar refractivity (Wildman–Crippen MR) is 95.1 cm³/mol. The summed E-state index contributed by atoms with van der Waals surface area (Å²) in [5, 5.41) is 25.1. The Morgan fingerprint density at radius 1 is 1.27 bits per heavy atom. The van der Waals surface area contributed by atoms with Crippen molar-refractivity contribution in [2.45, 2.75) is 37.6 Å². The number of amides is 1. The van der Waals surface area contributed by atoms with Crippen molar-refractivity contribution in [3.8, 4) is 10.6 Å². The number of benzene rings is 1. The maximum Gasteiger partial charge on any atom is 0.329 e. The van der Waals surface area contributed by atoms with Crippen LogP contribution in [-0.2, 0) is 4.79 Å². The first-order valence-corrected chi connectivity index (χ1v) is 9.05. The molecule has 136 valence electrons. The molecule has 1 saturated carbocycles. The standard InChI is InChI=1S/C17H17N3O5S/c21-14(19-17(16(22)23)7-2-1-3-8-17)13-10-26-15(18-13)11-5-4-6-12(9-11)20(24)25/h4-6,9-10H,1-3,7-8H2,(H,19,21)(H,22,23). The summed E-state index contributed by atoms with van der Waals surface area (Å²) in [6.45, 7) is 0. The number of hydrogen-bond donors (Lipinski definition) is 2. The van der Waals surface area contributed by atoms with Gasteiger partial charge in [-0.3, -0.25) is 14.9 Å². The van der Waals surface area contributed by atoms with Crippen LogP contribution in [0.1, 0.15) is 42.6 Å². The first-order valence-electron chi connectivity index (χ1n) is 8.17. The van der Waals surface area contributed by atoms with Crippen molar-refractivity contribution in [1.29, 1.82) is 0 Å². The van der Waals surface area contributed by atoms with E-state index in [1.54, 1.807) is 12.1 Å². The number of nitro groups is 1. The number of nitrogens with one attached hydrogen (secondary N) is 1. The molecular formula is C17H17N3O5S. The second-order valence-electron chi connectivity index (χ2n) is 6.25. The highest BCUT2D eigenvalue weighted by Crippen LogP contribution is 2.30. The van der Waals surface area contributed by atoms with Gasteiger partial charge in [0.2, 0.25) is 0 Å². The number of carbonyl (C=O) groups is 2. The summed E-state index contributed by atoms with van der Waals surface area (Å²) in [5.74, 6) is -1.57. The first kappa shape index (κ1) is 18.0. The van der Waals surface area contributed by atoms with Crippen molar-refractivity contribution in [1.82, 2.24) is 10.3 Å². The topological polar surface area (TPSA) is 122 Å². The van der Waals surface area contributed by atoms with E-state index in [1.165, 1.54) is 28.8 Å². The van der Waals surface area contributed by atoms with Crippen LogP contribution in [0.15, 0.2) is 29.6 Å². The Morgan fingerprint density at radius 2 is 2.00 bits per heavy atom. The molecule has 1 aliphatic rings. The molecule has 0 saturated heterocycles. The number of thiazole rings is 1. The van der Waals surface area contributed by atoms with Gasteiger partial charge in [-0.25, -0.2) is 9.78 Å². The van der Waals surface area contributed by atoms with Gasteiger partial charge in [-0.2, -0.15) is 0 Å². The lowest BCUT2D eigenvalue weighted by Gasteiger charge is -2.33. The fraction of sp³-hybridized carbons (Fsp3) is 0.353. The molecule has 0 aliphatic heterocycles. The predicted octanol–water partition coefficient (Wildman–Crippen LogP) is 3.24. The number of aromatic nitrogens is 1. The largest absolute Gasteiger partial charge is 0.480 e. The molecule has 1 aromatic carbocycles. The lowest BCUT2D eigenvalue weighted by molar-refractivity contribution is -0.384. The van der Waals surface area contributed by atoms with Gasteiger partial charge in [0.05, 0.1) is 4.92 Å². The van der Waals surface area contributed by atoms with Gasteiger partial charge in [-0.1, -0.05) is 31.4 Å². The van der Waals surface area contributed by atoms with E-state index in [0.717, 1.165) is 19.3 Å². The molecule has 0 unspecified atom stereocenters. The Hall–Kier alpha value is -2.81. The summed E-state index contributed by atoms with van der Waals surface area (Å²) in [5.41, 5.74) is -0.655. The number of carboxylic acid groups (broad SMARTS) is 1. The van der Waals surface area contributed by atoms with Crippen LogP contribution in [0.5, 0.6) is 0 Å². The van der Waals surface area contributed by atoms with Crippen molar-refractivity contribution >= 4 is 28.9 Å². The van der Waals surface area contributed by atoms with Crippen LogP contribution in [0.25, 0.3) is 10.6 Å². The summed E-state index contributed by atoms with van der Waals surface area (Å²) in [6.07, 6.45) is 3.26. The average Bonchev–Trinajstić information content (AvgIpc) is 3.13. The van der Waals surface area contributed by atoms with Gasteiger partial charge in [0, 0.05) is 23.1 Å². The van der Waals surface area contributed by atoms with Crippen LogP contribution in [0, 0.1) is 10.1 Å². The van der Waals surface area contributed by atoms with E-state index in [2.05, 4.69) is 10.3 Å². The number of non-ortho nitro benzene ring substituents is 1. The van der Waals surface area contributed by atoms with Crippen molar-refractivity contribution in [3.63, 3.8) is 0 Å². The van der Waals surface area contributed by atoms with E-state index in [4.69, 9.17) is 0 Å². The molecule has 9 heteroatoms. The zero-order chi connectivity index (χ0) is 18.7. The van der Waals surface area contributed by atoms with E-state index >= 15 is 0 Å². The van der Waals surface area contributed by atoms with Crippen molar-refractivity contribution in [2.24, 2.45) is 0 Å². The molecule has 8 nitrogen and oxygen atoms in total. The lowest BCUT2D eigenvalue weighted by Crippen LogP contribution is -2.55. The molecular weight excluding hydrogens is 358 g/mol. The van der Waals surface area contributed by atoms with Gasteiger partial charge in [0.15, 0.2) is 0 Å². The van der Waals surface area contributed by atoms with Crippen LogP contribution in [0.4, 0.5) is 5.69 Å². The second-order valence-corrected chi connectivity index (χ2v) is 7.11. The van der Waals surface area contributed by atoms with Gasteiger partial charge in [-0.15, -0.1) is 11.3 Å². The number of hydrogen-bond acceptors (Lipinski definition) is 6. The molecule has 1 amide bonds. The lowest BCUT2D eigenvalue weighted by atomic mass is 9.81. The van der Waals surface area contributed by atoms with Crippen molar-refractivity contribution < 1.29 is 19.6 Å². The van der Waals surface area contributed by atoms with Crippen LogP contribution in [0.3, 0.4) is 0 Å². The molecule has 3 rings (SSSR count). The minimum atomic E-state index is -1.25. The van der Waals surface area contributed by atoms with E-state index < -0.39 is 22.3 Å². The smallest absolute Gasteiger partial charge is 0.329 e. The number of carboxylic acids is 1. The van der Waals surface area contributed by atoms with Gasteiger partial charge < -0.3 is 10.4 Å². The molecule has 2 N–H and O–H groups in total. The van der Waals surface area contributed by atoms with Crippen molar-refractivity contribution in [2.75, 3.05) is 0 Å². The molecule has 0 atom stereocenters. The second kappa shape index (κ2) is 7.20. The van der Waals surface area contributed by atoms with Crippen molar-refractivity contribution in [3.05, 3.63) is 45.5 Å². The molecule has 0 bridgehead atoms. The van der Waals surface area contributed by atoms with Gasteiger partial charge in [0.1, 0.15) is 16.2 Å². The van der Waals surface area contributed by atoms with E-state index in [-0.39, 0.29) is 11.4 Å². The summed E-state index contributed by atoms with van der Waals surface area (Å²) in [6, 6.07) is 5.99. The summed E-state index contributed by atoms with van der Waals surface area (Å²) < 4.78 is 0. The molecule has 1 fully saturated rings. The molecule has 0 spiro atoms. The molecule has 1 aromatic heterocycles. The first-order chi connectivity index (χ1) is 12.4. The number of aliphatic carboxylic acids is 1. The number of nitro benzene ring substituents is 1. The molecule has 1 heterocycles.